The summed E-state index contributed by atoms with van der Waals surface area (Å²) in [5, 5.41) is 0. The van der Waals surface area contributed by atoms with Gasteiger partial charge in [-0.05, 0) is 6.92 Å². The second-order valence-corrected chi connectivity index (χ2v) is 3.27. The summed E-state index contributed by atoms with van der Waals surface area (Å²) >= 11 is 0. The number of pyridine rings is 1. The molecule has 1 heterocycles. The van der Waals surface area contributed by atoms with Gasteiger partial charge in [0, 0.05) is 0 Å². The second kappa shape index (κ2) is 5.97. The van der Waals surface area contributed by atoms with Crippen molar-refractivity contribution < 1.29 is 40.6 Å². The monoisotopic (exact) mass is 303 g/mol. The molecular formula is C10H7F6NO3. The highest BCUT2D eigenvalue weighted by Crippen LogP contribution is 2.35. The first kappa shape index (κ1) is 16.1. The first-order chi connectivity index (χ1) is 9.17. The van der Waals surface area contributed by atoms with Crippen LogP contribution in [0.3, 0.4) is 0 Å². The predicted octanol–water partition coefficient (Wildman–Crippen LogP) is 3.23. The van der Waals surface area contributed by atoms with E-state index < -0.39 is 41.6 Å². The van der Waals surface area contributed by atoms with E-state index >= 15 is 0 Å². The van der Waals surface area contributed by atoms with E-state index in [0.29, 0.717) is 0 Å². The number of esters is 1. The quantitative estimate of drug-likeness (QED) is 0.633. The summed E-state index contributed by atoms with van der Waals surface area (Å²) in [6, 6.07) is 0. The van der Waals surface area contributed by atoms with Crippen LogP contribution in [0.1, 0.15) is 29.4 Å². The van der Waals surface area contributed by atoms with Gasteiger partial charge in [-0.3, -0.25) is 0 Å². The van der Waals surface area contributed by atoms with Crippen LogP contribution < -0.4 is 4.74 Å². The van der Waals surface area contributed by atoms with Crippen LogP contribution >= 0.6 is 0 Å². The maximum atomic E-state index is 13.6. The van der Waals surface area contributed by atoms with E-state index in [4.69, 9.17) is 0 Å². The van der Waals surface area contributed by atoms with Crippen molar-refractivity contribution in [3.8, 4) is 5.75 Å². The first-order valence-corrected chi connectivity index (χ1v) is 5.06. The minimum absolute atomic E-state index is 0.185. The molecule has 4 nitrogen and oxygen atoms in total. The summed E-state index contributed by atoms with van der Waals surface area (Å²) < 4.78 is 82.4. The number of hydrogen-bond acceptors (Lipinski definition) is 4. The van der Waals surface area contributed by atoms with Crippen LogP contribution in [-0.4, -0.2) is 23.9 Å². The zero-order chi connectivity index (χ0) is 15.5. The molecule has 0 aliphatic carbocycles. The highest BCUT2D eigenvalue weighted by molar-refractivity contribution is 5.88. The smallest absolute Gasteiger partial charge is 0.461 e. The Bertz CT molecular complexity index is 503. The fraction of sp³-hybridized carbons (Fsp3) is 0.400. The number of rotatable bonds is 4. The van der Waals surface area contributed by atoms with E-state index in [9.17, 15) is 31.1 Å². The molecule has 0 aliphatic heterocycles. The lowest BCUT2D eigenvalue weighted by Gasteiger charge is -2.14. The maximum absolute atomic E-state index is 13.6. The van der Waals surface area contributed by atoms with Gasteiger partial charge in [-0.1, -0.05) is 0 Å². The number of aromatic nitrogens is 1. The van der Waals surface area contributed by atoms with Gasteiger partial charge in [0.2, 0.25) is 0 Å². The van der Waals surface area contributed by atoms with Crippen LogP contribution in [0.25, 0.3) is 0 Å². The van der Waals surface area contributed by atoms with Crippen LogP contribution in [0.5, 0.6) is 5.75 Å². The van der Waals surface area contributed by atoms with Crippen LogP contribution in [0.4, 0.5) is 26.3 Å². The lowest BCUT2D eigenvalue weighted by Crippen LogP contribution is -2.20. The van der Waals surface area contributed by atoms with Crippen molar-refractivity contribution >= 4 is 5.97 Å². The fourth-order valence-corrected chi connectivity index (χ4v) is 1.24. The lowest BCUT2D eigenvalue weighted by molar-refractivity contribution is -0.275. The van der Waals surface area contributed by atoms with Crippen molar-refractivity contribution in [2.45, 2.75) is 19.7 Å². The number of carbonyl (C=O) groups excluding carboxylic acids is 1. The van der Waals surface area contributed by atoms with Crippen molar-refractivity contribution in [3.05, 3.63) is 23.3 Å². The summed E-state index contributed by atoms with van der Waals surface area (Å²) in [4.78, 5) is 14.2. The minimum Gasteiger partial charge on any atom is -0.461 e. The lowest BCUT2D eigenvalue weighted by atomic mass is 10.2. The number of ether oxygens (including phenoxy) is 2. The van der Waals surface area contributed by atoms with E-state index in [-0.39, 0.29) is 12.8 Å². The molecule has 0 fully saturated rings. The van der Waals surface area contributed by atoms with Crippen LogP contribution in [0.15, 0.2) is 6.20 Å². The van der Waals surface area contributed by atoms with Crippen molar-refractivity contribution in [1.29, 1.82) is 0 Å². The number of halogens is 6. The molecule has 1 aromatic heterocycles. The van der Waals surface area contributed by atoms with Gasteiger partial charge in [0.05, 0.1) is 18.4 Å². The molecule has 0 radical (unpaired) electrons. The van der Waals surface area contributed by atoms with E-state index in [1.807, 2.05) is 0 Å². The van der Waals surface area contributed by atoms with Crippen LogP contribution in [0, 0.1) is 5.82 Å². The molecule has 0 atom stereocenters. The van der Waals surface area contributed by atoms with Crippen molar-refractivity contribution in [2.75, 3.05) is 6.61 Å². The summed E-state index contributed by atoms with van der Waals surface area (Å²) in [6.45, 7) is 1.18. The molecule has 10 heteroatoms. The van der Waals surface area contributed by atoms with Crippen molar-refractivity contribution in [1.82, 2.24) is 4.98 Å². The van der Waals surface area contributed by atoms with Gasteiger partial charge in [0.1, 0.15) is 0 Å². The molecule has 1 rings (SSSR count). The zero-order valence-electron chi connectivity index (χ0n) is 9.80. The molecule has 0 saturated carbocycles. The van der Waals surface area contributed by atoms with Gasteiger partial charge in [-0.25, -0.2) is 22.9 Å². The topological polar surface area (TPSA) is 48.4 Å². The van der Waals surface area contributed by atoms with Crippen molar-refractivity contribution in [3.63, 3.8) is 0 Å². The van der Waals surface area contributed by atoms with Gasteiger partial charge < -0.3 is 9.47 Å². The molecule has 112 valence electrons. The Labute approximate surface area is 108 Å². The molecule has 0 saturated heterocycles. The molecule has 0 unspecified atom stereocenters. The SMILES string of the molecule is CCOC(=O)c1ncc(OC(F)(F)F)c(C(F)F)c1F. The fourth-order valence-electron chi connectivity index (χ4n) is 1.24. The Hall–Kier alpha value is -2.00. The van der Waals surface area contributed by atoms with Gasteiger partial charge >= 0.3 is 12.3 Å². The van der Waals surface area contributed by atoms with Gasteiger partial charge in [-0.2, -0.15) is 0 Å². The summed E-state index contributed by atoms with van der Waals surface area (Å²) in [7, 11) is 0. The number of hydrogen-bond donors (Lipinski definition) is 0. The highest BCUT2D eigenvalue weighted by Gasteiger charge is 2.36. The van der Waals surface area contributed by atoms with E-state index in [2.05, 4.69) is 14.5 Å². The first-order valence-electron chi connectivity index (χ1n) is 5.06. The molecule has 20 heavy (non-hydrogen) atoms. The summed E-state index contributed by atoms with van der Waals surface area (Å²) in [5.74, 6) is -4.80. The van der Waals surface area contributed by atoms with Crippen LogP contribution in [-0.2, 0) is 4.74 Å². The van der Waals surface area contributed by atoms with E-state index in [1.165, 1.54) is 6.92 Å². The van der Waals surface area contributed by atoms with Crippen molar-refractivity contribution in [2.24, 2.45) is 0 Å². The Kier molecular flexibility index (Phi) is 4.79. The number of nitrogens with zero attached hydrogens (tertiary/aromatic N) is 1. The summed E-state index contributed by atoms with van der Waals surface area (Å²) in [6.07, 6.45) is -8.75. The Morgan fingerprint density at radius 3 is 2.45 bits per heavy atom. The Morgan fingerprint density at radius 1 is 1.40 bits per heavy atom. The molecular weight excluding hydrogens is 296 g/mol. The molecule has 0 spiro atoms. The molecule has 0 aliphatic rings. The van der Waals surface area contributed by atoms with Gasteiger partial charge in [0.25, 0.3) is 6.43 Å². The zero-order valence-corrected chi connectivity index (χ0v) is 9.80. The predicted molar refractivity (Wildman–Crippen MR) is 51.8 cm³/mol. The largest absolute Gasteiger partial charge is 0.573 e. The van der Waals surface area contributed by atoms with E-state index in [1.54, 1.807) is 0 Å². The molecule has 0 amide bonds. The second-order valence-electron chi connectivity index (χ2n) is 3.27. The van der Waals surface area contributed by atoms with Gasteiger partial charge in [0.15, 0.2) is 17.3 Å². The minimum atomic E-state index is -5.30. The average Bonchev–Trinajstić information content (AvgIpc) is 2.26. The maximum Gasteiger partial charge on any atom is 0.573 e. The summed E-state index contributed by atoms with van der Waals surface area (Å²) in [5.41, 5.74) is -2.85. The van der Waals surface area contributed by atoms with Crippen LogP contribution in [0.2, 0.25) is 0 Å². The normalized spacial score (nSPS) is 11.6. The van der Waals surface area contributed by atoms with E-state index in [0.717, 1.165) is 0 Å². The Morgan fingerprint density at radius 2 is 2.00 bits per heavy atom. The highest BCUT2D eigenvalue weighted by atomic mass is 19.4. The third kappa shape index (κ3) is 3.75. The third-order valence-corrected chi connectivity index (χ3v) is 1.93. The molecule has 0 aromatic carbocycles. The average molecular weight is 303 g/mol. The standard InChI is InChI=1S/C10H7F6NO3/c1-2-19-9(18)7-6(11)5(8(12)13)4(3-17-7)20-10(14,15)16/h3,8H,2H2,1H3. The molecule has 0 N–H and O–H groups in total. The number of alkyl halides is 5. The molecule has 1 aromatic rings. The molecule has 0 bridgehead atoms. The van der Waals surface area contributed by atoms with Gasteiger partial charge in [-0.15, -0.1) is 13.2 Å². The Balaban J connectivity index is 3.30. The third-order valence-electron chi connectivity index (χ3n) is 1.93. The number of carbonyl (C=O) groups is 1.